The van der Waals surface area contributed by atoms with E-state index in [-0.39, 0.29) is 6.42 Å². The van der Waals surface area contributed by atoms with Gasteiger partial charge in [-0.15, -0.1) is 0 Å². The zero-order chi connectivity index (χ0) is 24.1. The molecule has 1 aliphatic heterocycles. The Balaban J connectivity index is 1.65. The molecule has 0 fully saturated rings. The summed E-state index contributed by atoms with van der Waals surface area (Å²) in [5.74, 6) is 0.821. The average molecular weight is 458 g/mol. The van der Waals surface area contributed by atoms with Gasteiger partial charge in [0.05, 0.1) is 17.1 Å². The van der Waals surface area contributed by atoms with E-state index in [1.165, 1.54) is 11.1 Å². The second-order valence-electron chi connectivity index (χ2n) is 9.74. The molecule has 2 aromatic carbocycles. The van der Waals surface area contributed by atoms with E-state index >= 15 is 0 Å². The third kappa shape index (κ3) is 5.82. The maximum Gasteiger partial charge on any atom is 0.303 e. The van der Waals surface area contributed by atoms with Crippen molar-refractivity contribution in [1.29, 1.82) is 0 Å². The summed E-state index contributed by atoms with van der Waals surface area (Å²) < 4.78 is 0. The number of aliphatic carboxylic acids is 1. The number of aromatic nitrogens is 2. The molecule has 4 rings (SSSR count). The van der Waals surface area contributed by atoms with Gasteiger partial charge >= 0.3 is 5.97 Å². The largest absolute Gasteiger partial charge is 0.481 e. The Morgan fingerprint density at radius 2 is 1.44 bits per heavy atom. The Morgan fingerprint density at radius 1 is 0.882 bits per heavy atom. The minimum Gasteiger partial charge on any atom is -0.481 e. The maximum atomic E-state index is 10.7. The van der Waals surface area contributed by atoms with Crippen LogP contribution in [0.3, 0.4) is 0 Å². The van der Waals surface area contributed by atoms with Gasteiger partial charge in [0.1, 0.15) is 0 Å². The molecule has 178 valence electrons. The quantitative estimate of drug-likeness (QED) is 0.374. The van der Waals surface area contributed by atoms with Gasteiger partial charge in [-0.1, -0.05) is 79.4 Å². The predicted octanol–water partition coefficient (Wildman–Crippen LogP) is 6.46. The molecule has 0 amide bonds. The summed E-state index contributed by atoms with van der Waals surface area (Å²) in [6.45, 7) is 8.39. The lowest BCUT2D eigenvalue weighted by Gasteiger charge is -2.34. The number of fused-ring (bicyclic) bond motifs is 1. The molecule has 3 aromatic rings. The first-order chi connectivity index (χ1) is 16.4. The Labute approximate surface area is 202 Å². The van der Waals surface area contributed by atoms with Crippen molar-refractivity contribution in [2.45, 2.75) is 59.3 Å². The molecular weight excluding hydrogens is 422 g/mol. The molecule has 0 saturated heterocycles. The first kappa shape index (κ1) is 23.9. The molecule has 34 heavy (non-hydrogen) atoms. The highest BCUT2D eigenvalue weighted by molar-refractivity contribution is 5.80. The SMILES string of the molecule is Cc1ccc(-c2nc3c(nc2-c2ccc(C)cc2)N(CCCCCCC(=O)O)CC(C)C3)cc1. The van der Waals surface area contributed by atoms with E-state index in [0.29, 0.717) is 5.92 Å². The number of nitrogens with zero attached hydrogens (tertiary/aromatic N) is 3. The summed E-state index contributed by atoms with van der Waals surface area (Å²) in [6, 6.07) is 17.1. The van der Waals surface area contributed by atoms with Crippen LogP contribution in [-0.4, -0.2) is 34.1 Å². The third-order valence-corrected chi connectivity index (χ3v) is 6.54. The monoisotopic (exact) mass is 457 g/mol. The van der Waals surface area contributed by atoms with Crippen LogP contribution in [0.1, 0.15) is 55.8 Å². The van der Waals surface area contributed by atoms with E-state index in [0.717, 1.165) is 79.2 Å². The molecule has 1 aliphatic rings. The summed E-state index contributed by atoms with van der Waals surface area (Å²) in [6.07, 6.45) is 4.97. The number of hydrogen-bond donors (Lipinski definition) is 1. The summed E-state index contributed by atoms with van der Waals surface area (Å²) in [4.78, 5) is 23.6. The lowest BCUT2D eigenvalue weighted by molar-refractivity contribution is -0.137. The second kappa shape index (κ2) is 10.8. The van der Waals surface area contributed by atoms with E-state index in [2.05, 4.69) is 74.2 Å². The van der Waals surface area contributed by atoms with E-state index in [1.54, 1.807) is 0 Å². The van der Waals surface area contributed by atoms with Gasteiger partial charge in [0.2, 0.25) is 0 Å². The first-order valence-electron chi connectivity index (χ1n) is 12.4. The first-order valence-corrected chi connectivity index (χ1v) is 12.4. The Bertz CT molecular complexity index is 1120. The number of anilines is 1. The molecule has 1 N–H and O–H groups in total. The Hall–Kier alpha value is -3.21. The standard InChI is InChI=1S/C29H35N3O2/c1-20-9-13-23(14-10-20)27-28(24-15-11-21(2)12-16-24)31-29-25(30-27)18-22(3)19-32(29)17-7-5-4-6-8-26(33)34/h9-16,22H,4-8,17-19H2,1-3H3,(H,33,34). The van der Waals surface area contributed by atoms with Crippen molar-refractivity contribution in [3.63, 3.8) is 0 Å². The van der Waals surface area contributed by atoms with E-state index in [1.807, 2.05) is 0 Å². The van der Waals surface area contributed by atoms with Gasteiger partial charge in [-0.25, -0.2) is 9.97 Å². The number of unbranched alkanes of at least 4 members (excludes halogenated alkanes) is 3. The van der Waals surface area contributed by atoms with Gasteiger partial charge in [0.15, 0.2) is 5.82 Å². The van der Waals surface area contributed by atoms with Crippen LogP contribution >= 0.6 is 0 Å². The van der Waals surface area contributed by atoms with Gasteiger partial charge in [0, 0.05) is 30.6 Å². The number of hydrogen-bond acceptors (Lipinski definition) is 4. The number of aryl methyl sites for hydroxylation is 2. The molecule has 1 unspecified atom stereocenters. The molecule has 0 aliphatic carbocycles. The van der Waals surface area contributed by atoms with Crippen LogP contribution < -0.4 is 4.90 Å². The molecule has 0 bridgehead atoms. The van der Waals surface area contributed by atoms with Crippen LogP contribution in [-0.2, 0) is 11.2 Å². The topological polar surface area (TPSA) is 66.3 Å². The normalized spacial score (nSPS) is 15.3. The lowest BCUT2D eigenvalue weighted by atomic mass is 9.97. The van der Waals surface area contributed by atoms with Gasteiger partial charge in [-0.05, 0) is 39.0 Å². The maximum absolute atomic E-state index is 10.7. The molecule has 0 saturated carbocycles. The Kier molecular flexibility index (Phi) is 7.61. The highest BCUT2D eigenvalue weighted by atomic mass is 16.4. The summed E-state index contributed by atoms with van der Waals surface area (Å²) in [5, 5.41) is 8.84. The molecular formula is C29H35N3O2. The zero-order valence-electron chi connectivity index (χ0n) is 20.6. The van der Waals surface area contributed by atoms with E-state index in [4.69, 9.17) is 15.1 Å². The molecule has 5 heteroatoms. The van der Waals surface area contributed by atoms with E-state index < -0.39 is 5.97 Å². The molecule has 2 heterocycles. The van der Waals surface area contributed by atoms with Crippen LogP contribution in [0.2, 0.25) is 0 Å². The van der Waals surface area contributed by atoms with Crippen LogP contribution in [0.15, 0.2) is 48.5 Å². The third-order valence-electron chi connectivity index (χ3n) is 6.54. The average Bonchev–Trinajstić information content (AvgIpc) is 2.81. The highest BCUT2D eigenvalue weighted by Crippen LogP contribution is 2.36. The molecule has 1 aromatic heterocycles. The Morgan fingerprint density at radius 3 is 2.03 bits per heavy atom. The van der Waals surface area contributed by atoms with Crippen molar-refractivity contribution in [3.05, 3.63) is 65.4 Å². The van der Waals surface area contributed by atoms with Crippen molar-refractivity contribution in [3.8, 4) is 22.5 Å². The number of carboxylic acids is 1. The van der Waals surface area contributed by atoms with Crippen molar-refractivity contribution >= 4 is 11.8 Å². The van der Waals surface area contributed by atoms with Gasteiger partial charge in [-0.3, -0.25) is 4.79 Å². The predicted molar refractivity (Wildman–Crippen MR) is 138 cm³/mol. The molecule has 0 radical (unpaired) electrons. The fourth-order valence-corrected chi connectivity index (χ4v) is 4.66. The lowest BCUT2D eigenvalue weighted by Crippen LogP contribution is -2.36. The fourth-order valence-electron chi connectivity index (χ4n) is 4.66. The summed E-state index contributed by atoms with van der Waals surface area (Å²) in [7, 11) is 0. The van der Waals surface area contributed by atoms with Crippen molar-refractivity contribution < 1.29 is 9.90 Å². The number of rotatable bonds is 9. The van der Waals surface area contributed by atoms with Gasteiger partial charge in [0.25, 0.3) is 0 Å². The second-order valence-corrected chi connectivity index (χ2v) is 9.74. The number of carbonyl (C=O) groups is 1. The zero-order valence-corrected chi connectivity index (χ0v) is 20.6. The van der Waals surface area contributed by atoms with Crippen molar-refractivity contribution in [2.24, 2.45) is 5.92 Å². The molecule has 1 atom stereocenters. The molecule has 5 nitrogen and oxygen atoms in total. The van der Waals surface area contributed by atoms with Crippen molar-refractivity contribution in [2.75, 3.05) is 18.0 Å². The van der Waals surface area contributed by atoms with Gasteiger partial charge < -0.3 is 10.0 Å². The minimum absolute atomic E-state index is 0.261. The van der Waals surface area contributed by atoms with Crippen LogP contribution in [0, 0.1) is 19.8 Å². The summed E-state index contributed by atoms with van der Waals surface area (Å²) in [5.41, 5.74) is 7.60. The smallest absolute Gasteiger partial charge is 0.303 e. The highest BCUT2D eigenvalue weighted by Gasteiger charge is 2.27. The van der Waals surface area contributed by atoms with Gasteiger partial charge in [-0.2, -0.15) is 0 Å². The number of benzene rings is 2. The fraction of sp³-hybridized carbons (Fsp3) is 0.414. The van der Waals surface area contributed by atoms with Crippen molar-refractivity contribution in [1.82, 2.24) is 9.97 Å². The van der Waals surface area contributed by atoms with Crippen LogP contribution in [0.25, 0.3) is 22.5 Å². The minimum atomic E-state index is -0.706. The van der Waals surface area contributed by atoms with E-state index in [9.17, 15) is 4.79 Å². The summed E-state index contributed by atoms with van der Waals surface area (Å²) >= 11 is 0. The molecule has 0 spiro atoms. The van der Waals surface area contributed by atoms with Crippen LogP contribution in [0.5, 0.6) is 0 Å². The number of carboxylic acid groups (broad SMARTS) is 1. The van der Waals surface area contributed by atoms with Crippen LogP contribution in [0.4, 0.5) is 5.82 Å².